The van der Waals surface area contributed by atoms with Crippen LogP contribution in [0.15, 0.2) is 30.3 Å². The van der Waals surface area contributed by atoms with Crippen LogP contribution >= 0.6 is 0 Å². The van der Waals surface area contributed by atoms with Crippen molar-refractivity contribution < 1.29 is 0 Å². The lowest BCUT2D eigenvalue weighted by Crippen LogP contribution is -2.26. The first-order chi connectivity index (χ1) is 5.93. The second kappa shape index (κ2) is 8.24. The molecule has 0 fully saturated rings. The molecule has 1 aromatic carbocycles. The van der Waals surface area contributed by atoms with Crippen LogP contribution in [0.3, 0.4) is 0 Å². The molecule has 0 heterocycles. The molecule has 0 aliphatic heterocycles. The SMILES string of the molecule is CC.CNNCc1ccccc1. The molecule has 0 radical (unpaired) electrons. The van der Waals surface area contributed by atoms with Crippen molar-refractivity contribution in [2.75, 3.05) is 7.05 Å². The summed E-state index contributed by atoms with van der Waals surface area (Å²) in [6, 6.07) is 10.3. The Kier molecular flexibility index (Phi) is 7.65. The molecule has 0 saturated carbocycles. The molecule has 0 aliphatic rings. The quantitative estimate of drug-likeness (QED) is 0.670. The first-order valence-electron chi connectivity index (χ1n) is 4.37. The Morgan fingerprint density at radius 1 is 1.08 bits per heavy atom. The van der Waals surface area contributed by atoms with E-state index >= 15 is 0 Å². The Balaban J connectivity index is 0.000000561. The van der Waals surface area contributed by atoms with Crippen molar-refractivity contribution in [1.82, 2.24) is 10.9 Å². The fourth-order valence-corrected chi connectivity index (χ4v) is 0.786. The van der Waals surface area contributed by atoms with Crippen molar-refractivity contribution >= 4 is 0 Å². The molecule has 0 aliphatic carbocycles. The van der Waals surface area contributed by atoms with E-state index in [2.05, 4.69) is 23.0 Å². The molecule has 12 heavy (non-hydrogen) atoms. The van der Waals surface area contributed by atoms with Gasteiger partial charge in [-0.1, -0.05) is 44.2 Å². The number of benzene rings is 1. The van der Waals surface area contributed by atoms with E-state index < -0.39 is 0 Å². The summed E-state index contributed by atoms with van der Waals surface area (Å²) in [6.07, 6.45) is 0. The van der Waals surface area contributed by atoms with E-state index in [0.717, 1.165) is 6.54 Å². The van der Waals surface area contributed by atoms with Crippen LogP contribution < -0.4 is 10.9 Å². The van der Waals surface area contributed by atoms with Gasteiger partial charge in [0.05, 0.1) is 0 Å². The fraction of sp³-hybridized carbons (Fsp3) is 0.400. The van der Waals surface area contributed by atoms with Crippen molar-refractivity contribution in [1.29, 1.82) is 0 Å². The van der Waals surface area contributed by atoms with Crippen LogP contribution in [0.1, 0.15) is 19.4 Å². The van der Waals surface area contributed by atoms with Crippen LogP contribution in [0.25, 0.3) is 0 Å². The smallest absolute Gasteiger partial charge is 0.0350 e. The molecule has 2 nitrogen and oxygen atoms in total. The molecule has 0 atom stereocenters. The van der Waals surface area contributed by atoms with E-state index in [0.29, 0.717) is 0 Å². The third-order valence-corrected chi connectivity index (χ3v) is 1.31. The zero-order valence-electron chi connectivity index (χ0n) is 8.09. The minimum atomic E-state index is 0.872. The van der Waals surface area contributed by atoms with Gasteiger partial charge in [0.2, 0.25) is 0 Å². The summed E-state index contributed by atoms with van der Waals surface area (Å²) < 4.78 is 0. The Labute approximate surface area is 75.0 Å². The monoisotopic (exact) mass is 166 g/mol. The Bertz CT molecular complexity index is 172. The summed E-state index contributed by atoms with van der Waals surface area (Å²) in [5, 5.41) is 0. The molecular formula is C10H18N2. The van der Waals surface area contributed by atoms with Crippen molar-refractivity contribution in [3.05, 3.63) is 35.9 Å². The van der Waals surface area contributed by atoms with E-state index in [1.54, 1.807) is 0 Å². The highest BCUT2D eigenvalue weighted by Gasteiger charge is 1.85. The van der Waals surface area contributed by atoms with Crippen LogP contribution in [0.2, 0.25) is 0 Å². The van der Waals surface area contributed by atoms with Gasteiger partial charge in [-0.05, 0) is 12.6 Å². The van der Waals surface area contributed by atoms with E-state index in [4.69, 9.17) is 0 Å². The maximum Gasteiger partial charge on any atom is 0.0350 e. The highest BCUT2D eigenvalue weighted by molar-refractivity contribution is 5.13. The zero-order chi connectivity index (χ0) is 9.23. The molecule has 0 saturated heterocycles. The van der Waals surface area contributed by atoms with Crippen molar-refractivity contribution in [3.63, 3.8) is 0 Å². The summed E-state index contributed by atoms with van der Waals surface area (Å²) in [7, 11) is 1.86. The van der Waals surface area contributed by atoms with Gasteiger partial charge in [-0.2, -0.15) is 0 Å². The maximum absolute atomic E-state index is 3.01. The molecule has 1 aromatic rings. The molecule has 0 amide bonds. The van der Waals surface area contributed by atoms with Gasteiger partial charge in [-0.3, -0.25) is 10.9 Å². The summed E-state index contributed by atoms with van der Waals surface area (Å²) in [5.74, 6) is 0. The second-order valence-corrected chi connectivity index (χ2v) is 2.09. The third-order valence-electron chi connectivity index (χ3n) is 1.31. The van der Waals surface area contributed by atoms with Gasteiger partial charge >= 0.3 is 0 Å². The second-order valence-electron chi connectivity index (χ2n) is 2.09. The summed E-state index contributed by atoms with van der Waals surface area (Å²) in [5.41, 5.74) is 7.17. The summed E-state index contributed by atoms with van der Waals surface area (Å²) in [4.78, 5) is 0. The number of hydrazine groups is 1. The number of nitrogens with one attached hydrogen (secondary N) is 2. The van der Waals surface area contributed by atoms with Crippen LogP contribution in [0, 0.1) is 0 Å². The van der Waals surface area contributed by atoms with Crippen molar-refractivity contribution in [3.8, 4) is 0 Å². The highest BCUT2D eigenvalue weighted by Crippen LogP contribution is 1.95. The lowest BCUT2D eigenvalue weighted by molar-refractivity contribution is 0.596. The third kappa shape index (κ3) is 4.88. The summed E-state index contributed by atoms with van der Waals surface area (Å²) in [6.45, 7) is 4.87. The van der Waals surface area contributed by atoms with Gasteiger partial charge in [0.15, 0.2) is 0 Å². The van der Waals surface area contributed by atoms with Crippen LogP contribution in [0.4, 0.5) is 0 Å². The predicted octanol–water partition coefficient (Wildman–Crippen LogP) is 1.94. The normalized spacial score (nSPS) is 8.58. The lowest BCUT2D eigenvalue weighted by atomic mass is 10.2. The highest BCUT2D eigenvalue weighted by atomic mass is 15.3. The molecule has 0 spiro atoms. The number of hydrogen-bond donors (Lipinski definition) is 2. The van der Waals surface area contributed by atoms with Gasteiger partial charge in [-0.25, -0.2) is 0 Å². The number of hydrogen-bond acceptors (Lipinski definition) is 2. The Morgan fingerprint density at radius 3 is 2.17 bits per heavy atom. The van der Waals surface area contributed by atoms with Crippen LogP contribution in [-0.4, -0.2) is 7.05 Å². The predicted molar refractivity (Wildman–Crippen MR) is 53.7 cm³/mol. The summed E-state index contributed by atoms with van der Waals surface area (Å²) >= 11 is 0. The van der Waals surface area contributed by atoms with Crippen molar-refractivity contribution in [2.24, 2.45) is 0 Å². The Hall–Kier alpha value is -0.860. The minimum absolute atomic E-state index is 0.872. The molecule has 2 heteroatoms. The maximum atomic E-state index is 3.01. The average Bonchev–Trinajstić information content (AvgIpc) is 2.19. The number of rotatable bonds is 3. The van der Waals surface area contributed by atoms with Gasteiger partial charge < -0.3 is 0 Å². The molecule has 2 N–H and O–H groups in total. The van der Waals surface area contributed by atoms with Crippen LogP contribution in [-0.2, 0) is 6.54 Å². The topological polar surface area (TPSA) is 24.1 Å². The van der Waals surface area contributed by atoms with Gasteiger partial charge in [0.1, 0.15) is 0 Å². The van der Waals surface area contributed by atoms with Gasteiger partial charge in [-0.15, -0.1) is 0 Å². The first-order valence-corrected chi connectivity index (χ1v) is 4.37. The largest absolute Gasteiger partial charge is 0.261 e. The van der Waals surface area contributed by atoms with E-state index in [1.165, 1.54) is 5.56 Å². The fourth-order valence-electron chi connectivity index (χ4n) is 0.786. The average molecular weight is 166 g/mol. The molecular weight excluding hydrogens is 148 g/mol. The van der Waals surface area contributed by atoms with E-state index in [9.17, 15) is 0 Å². The Morgan fingerprint density at radius 2 is 1.67 bits per heavy atom. The molecule has 0 aromatic heterocycles. The van der Waals surface area contributed by atoms with Gasteiger partial charge in [0.25, 0.3) is 0 Å². The standard InChI is InChI=1S/C8H12N2.C2H6/c1-9-10-7-8-5-3-2-4-6-8;1-2/h2-6,9-10H,7H2,1H3;1-2H3. The van der Waals surface area contributed by atoms with Crippen LogP contribution in [0.5, 0.6) is 0 Å². The molecule has 0 unspecified atom stereocenters. The van der Waals surface area contributed by atoms with Gasteiger partial charge in [0, 0.05) is 6.54 Å². The molecule has 1 rings (SSSR count). The van der Waals surface area contributed by atoms with E-state index in [1.807, 2.05) is 39.1 Å². The minimum Gasteiger partial charge on any atom is -0.261 e. The first kappa shape index (κ1) is 11.1. The zero-order valence-corrected chi connectivity index (χ0v) is 8.09. The van der Waals surface area contributed by atoms with E-state index in [-0.39, 0.29) is 0 Å². The molecule has 0 bridgehead atoms. The van der Waals surface area contributed by atoms with Crippen molar-refractivity contribution in [2.45, 2.75) is 20.4 Å². The lowest BCUT2D eigenvalue weighted by Gasteiger charge is -2.00. The molecule has 68 valence electrons.